The number of benzene rings is 1. The molecule has 0 saturated carbocycles. The minimum Gasteiger partial charge on any atom is -0.338 e. The maximum atomic E-state index is 12.7. The number of unbranched alkanes of at least 4 members (excludes halogenated alkanes) is 1. The van der Waals surface area contributed by atoms with Crippen molar-refractivity contribution in [1.82, 2.24) is 9.80 Å². The van der Waals surface area contributed by atoms with E-state index in [0.29, 0.717) is 0 Å². The van der Waals surface area contributed by atoms with Gasteiger partial charge in [0.2, 0.25) is 0 Å². The predicted molar refractivity (Wildman–Crippen MR) is 121 cm³/mol. The van der Waals surface area contributed by atoms with Crippen molar-refractivity contribution in [1.29, 1.82) is 0 Å². The Morgan fingerprint density at radius 3 is 2.76 bits per heavy atom. The third-order valence-electron chi connectivity index (χ3n) is 5.61. The number of aryl methyl sites for hydroxylation is 1. The van der Waals surface area contributed by atoms with Gasteiger partial charge in [0.05, 0.1) is 29.2 Å². The van der Waals surface area contributed by atoms with Gasteiger partial charge in [-0.3, -0.25) is 9.69 Å². The lowest BCUT2D eigenvalue weighted by atomic mass is 10.1. The van der Waals surface area contributed by atoms with Gasteiger partial charge in [-0.1, -0.05) is 18.1 Å². The first-order valence-electron chi connectivity index (χ1n) is 10.3. The third kappa shape index (κ3) is 4.48. The summed E-state index contributed by atoms with van der Waals surface area (Å²) in [4.78, 5) is 20.9. The second kappa shape index (κ2) is 9.00. The van der Waals surface area contributed by atoms with Crippen molar-refractivity contribution in [2.75, 3.05) is 56.5 Å². The van der Waals surface area contributed by atoms with Gasteiger partial charge < -0.3 is 15.1 Å². The van der Waals surface area contributed by atoms with Crippen LogP contribution >= 0.6 is 11.3 Å². The molecular formula is C23H28N4OS. The van der Waals surface area contributed by atoms with E-state index in [0.717, 1.165) is 74.7 Å². The van der Waals surface area contributed by atoms with E-state index in [-0.39, 0.29) is 5.91 Å². The Balaban J connectivity index is 1.41. The molecule has 2 aliphatic heterocycles. The highest BCUT2D eigenvalue weighted by atomic mass is 32.1. The van der Waals surface area contributed by atoms with Crippen LogP contribution in [0, 0.1) is 18.8 Å². The molecule has 0 atom stereocenters. The molecule has 1 aromatic carbocycles. The minimum absolute atomic E-state index is 0.0220. The van der Waals surface area contributed by atoms with Crippen molar-refractivity contribution < 1.29 is 4.79 Å². The maximum absolute atomic E-state index is 12.7. The van der Waals surface area contributed by atoms with Gasteiger partial charge in [0.15, 0.2) is 0 Å². The number of nitrogens with one attached hydrogen (secondary N) is 1. The van der Waals surface area contributed by atoms with Gasteiger partial charge in [-0.15, -0.1) is 17.3 Å². The number of amides is 1. The number of hydrogen-bond donors (Lipinski definition) is 1. The molecule has 3 heterocycles. The molecule has 0 aliphatic carbocycles. The van der Waals surface area contributed by atoms with E-state index < -0.39 is 0 Å². The van der Waals surface area contributed by atoms with Crippen LogP contribution in [-0.4, -0.2) is 62.0 Å². The fraction of sp³-hybridized carbons (Fsp3) is 0.435. The number of hydrogen-bond acceptors (Lipinski definition) is 5. The molecule has 5 nitrogen and oxygen atoms in total. The Hall–Kier alpha value is -2.33. The molecule has 4 rings (SSSR count). The smallest absolute Gasteiger partial charge is 0.258 e. The summed E-state index contributed by atoms with van der Waals surface area (Å²) in [7, 11) is 2.17. The lowest BCUT2D eigenvalue weighted by molar-refractivity contribution is 0.102. The average Bonchev–Trinajstić information content (AvgIpc) is 3.05. The van der Waals surface area contributed by atoms with Gasteiger partial charge in [0.1, 0.15) is 0 Å². The van der Waals surface area contributed by atoms with Gasteiger partial charge in [0.25, 0.3) is 5.91 Å². The van der Waals surface area contributed by atoms with Crippen LogP contribution in [0.15, 0.2) is 29.6 Å². The molecule has 0 unspecified atom stereocenters. The monoisotopic (exact) mass is 408 g/mol. The fourth-order valence-corrected chi connectivity index (χ4v) is 4.73. The molecule has 0 bridgehead atoms. The van der Waals surface area contributed by atoms with Gasteiger partial charge in [-0.05, 0) is 32.5 Å². The molecule has 2 aliphatic rings. The van der Waals surface area contributed by atoms with E-state index in [9.17, 15) is 4.79 Å². The summed E-state index contributed by atoms with van der Waals surface area (Å²) < 4.78 is 0. The van der Waals surface area contributed by atoms with Crippen molar-refractivity contribution in [2.24, 2.45) is 0 Å². The van der Waals surface area contributed by atoms with Crippen molar-refractivity contribution in [3.05, 3.63) is 40.1 Å². The normalized spacial score (nSPS) is 17.0. The van der Waals surface area contributed by atoms with E-state index >= 15 is 0 Å². The summed E-state index contributed by atoms with van der Waals surface area (Å²) >= 11 is 1.64. The summed E-state index contributed by atoms with van der Waals surface area (Å²) in [6.07, 6.45) is 1.83. The van der Waals surface area contributed by atoms with Crippen LogP contribution in [0.5, 0.6) is 0 Å². The summed E-state index contributed by atoms with van der Waals surface area (Å²) in [6.45, 7) is 8.28. The van der Waals surface area contributed by atoms with Gasteiger partial charge in [-0.25, -0.2) is 0 Å². The lowest BCUT2D eigenvalue weighted by Crippen LogP contribution is -2.44. The van der Waals surface area contributed by atoms with E-state index in [1.54, 1.807) is 11.3 Å². The molecule has 1 fully saturated rings. The van der Waals surface area contributed by atoms with Crippen molar-refractivity contribution >= 4 is 34.3 Å². The van der Waals surface area contributed by atoms with Crippen LogP contribution in [0.2, 0.25) is 0 Å². The van der Waals surface area contributed by atoms with Gasteiger partial charge in [-0.2, -0.15) is 0 Å². The SMILES string of the molecule is Cc1scc2c1N(CCCC#CCN1CCN(C)CC1)c1ccccc1NC2=O. The number of likely N-dealkylation sites (N-methyl/N-ethyl adjacent to an activating group) is 1. The zero-order valence-electron chi connectivity index (χ0n) is 17.2. The zero-order chi connectivity index (χ0) is 20.2. The molecule has 2 aromatic rings. The Labute approximate surface area is 177 Å². The number of anilines is 3. The van der Waals surface area contributed by atoms with Crippen LogP contribution in [0.3, 0.4) is 0 Å². The second-order valence-corrected chi connectivity index (χ2v) is 8.80. The first kappa shape index (κ1) is 20.0. The molecule has 1 amide bonds. The molecule has 1 aromatic heterocycles. The number of carbonyl (C=O) groups is 1. The first-order valence-corrected chi connectivity index (χ1v) is 11.1. The highest BCUT2D eigenvalue weighted by Gasteiger charge is 2.27. The Morgan fingerprint density at radius 1 is 1.14 bits per heavy atom. The van der Waals surface area contributed by atoms with Crippen LogP contribution < -0.4 is 10.2 Å². The second-order valence-electron chi connectivity index (χ2n) is 7.71. The Bertz CT molecular complexity index is 934. The number of rotatable bonds is 4. The summed E-state index contributed by atoms with van der Waals surface area (Å²) in [6, 6.07) is 8.05. The highest BCUT2D eigenvalue weighted by molar-refractivity contribution is 7.10. The number of carbonyl (C=O) groups excluding carboxylic acids is 1. The van der Waals surface area contributed by atoms with Crippen LogP contribution in [0.25, 0.3) is 0 Å². The highest BCUT2D eigenvalue weighted by Crippen LogP contribution is 2.42. The topological polar surface area (TPSA) is 38.8 Å². The predicted octanol–water partition coefficient (Wildman–Crippen LogP) is 3.79. The molecule has 0 radical (unpaired) electrons. The standard InChI is InChI=1S/C23H28N4OS/c1-18-22-19(17-29-18)23(28)24-20-9-5-6-10-21(20)27(22)12-8-4-3-7-11-26-15-13-25(2)14-16-26/h5-6,9-10,17H,4,8,11-16H2,1-2H3,(H,24,28). The zero-order valence-corrected chi connectivity index (χ0v) is 18.0. The minimum atomic E-state index is -0.0220. The molecule has 29 heavy (non-hydrogen) atoms. The largest absolute Gasteiger partial charge is 0.338 e. The molecule has 0 spiro atoms. The first-order chi connectivity index (χ1) is 14.1. The van der Waals surface area contributed by atoms with Gasteiger partial charge >= 0.3 is 0 Å². The molecule has 6 heteroatoms. The van der Waals surface area contributed by atoms with Crippen LogP contribution in [0.4, 0.5) is 17.1 Å². The fourth-order valence-electron chi connectivity index (χ4n) is 3.89. The number of para-hydroxylation sites is 2. The Kier molecular flexibility index (Phi) is 6.19. The number of nitrogens with zero attached hydrogens (tertiary/aromatic N) is 3. The van der Waals surface area contributed by atoms with Gasteiger partial charge in [0, 0.05) is 49.4 Å². The van der Waals surface area contributed by atoms with E-state index in [1.807, 2.05) is 23.6 Å². The quantitative estimate of drug-likeness (QED) is 0.617. The Morgan fingerprint density at radius 2 is 1.93 bits per heavy atom. The number of thiophene rings is 1. The van der Waals surface area contributed by atoms with Crippen molar-refractivity contribution in [3.63, 3.8) is 0 Å². The molecule has 152 valence electrons. The van der Waals surface area contributed by atoms with Crippen LogP contribution in [0.1, 0.15) is 28.1 Å². The number of piperazine rings is 1. The van der Waals surface area contributed by atoms with E-state index in [1.165, 1.54) is 4.88 Å². The molecule has 1 saturated heterocycles. The summed E-state index contributed by atoms with van der Waals surface area (Å²) in [5.74, 6) is 6.68. The molecule has 1 N–H and O–H groups in total. The van der Waals surface area contributed by atoms with E-state index in [4.69, 9.17) is 0 Å². The average molecular weight is 409 g/mol. The number of fused-ring (bicyclic) bond motifs is 2. The summed E-state index contributed by atoms with van der Waals surface area (Å²) in [5.41, 5.74) is 3.75. The van der Waals surface area contributed by atoms with E-state index in [2.05, 4.69) is 51.9 Å². The summed E-state index contributed by atoms with van der Waals surface area (Å²) in [5, 5.41) is 5.03. The van der Waals surface area contributed by atoms with Crippen LogP contribution in [-0.2, 0) is 0 Å². The lowest BCUT2D eigenvalue weighted by Gasteiger charge is -2.30. The maximum Gasteiger partial charge on any atom is 0.258 e. The van der Waals surface area contributed by atoms with Crippen molar-refractivity contribution in [3.8, 4) is 11.8 Å². The van der Waals surface area contributed by atoms with Crippen molar-refractivity contribution in [2.45, 2.75) is 19.8 Å². The third-order valence-corrected chi connectivity index (χ3v) is 6.51. The molecular weight excluding hydrogens is 380 g/mol.